The largest absolute Gasteiger partial charge is 0.472 e. The van der Waals surface area contributed by atoms with Crippen molar-refractivity contribution in [3.8, 4) is 0 Å². The van der Waals surface area contributed by atoms with Crippen LogP contribution in [0.3, 0.4) is 0 Å². The molecule has 0 rings (SSSR count). The predicted octanol–water partition coefficient (Wildman–Crippen LogP) is 17.2. The Labute approximate surface area is 435 Å². The van der Waals surface area contributed by atoms with Crippen LogP contribution in [0.15, 0.2) is 122 Å². The number of carbonyl (C=O) groups is 2. The van der Waals surface area contributed by atoms with Crippen LogP contribution in [0.25, 0.3) is 0 Å². The SMILES string of the molecule is CC/C=C\C/C=C\C/C=C\C/C=C\C/C=C\C/C=C\C/C=C\C/C=C\CCCCCCCCC(=O)OC(COC(=O)CCCCCCC/C=C\C/C=C\CCCCCC)COP(=O)(O)OCC[N+](C)(C)C. The molecule has 0 aliphatic rings. The number of carbonyl (C=O) groups excluding carboxylic acids is 2. The molecule has 0 heterocycles. The highest BCUT2D eigenvalue weighted by atomic mass is 31.2. The number of quaternary nitrogens is 1. The Morgan fingerprint density at radius 1 is 0.451 bits per heavy atom. The molecule has 0 aliphatic heterocycles. The summed E-state index contributed by atoms with van der Waals surface area (Å²) in [6, 6.07) is 0. The van der Waals surface area contributed by atoms with E-state index in [1.54, 1.807) is 0 Å². The molecule has 0 spiro atoms. The van der Waals surface area contributed by atoms with Gasteiger partial charge < -0.3 is 18.9 Å². The number of unbranched alkanes of at least 4 members (excludes halogenated alkanes) is 15. The molecular weight excluding hydrogens is 906 g/mol. The second-order valence-corrected chi connectivity index (χ2v) is 20.7. The fourth-order valence-corrected chi connectivity index (χ4v) is 7.68. The number of hydrogen-bond acceptors (Lipinski definition) is 7. The lowest BCUT2D eigenvalue weighted by Gasteiger charge is -2.24. The second-order valence-electron chi connectivity index (χ2n) is 19.2. The van der Waals surface area contributed by atoms with Gasteiger partial charge in [0.2, 0.25) is 0 Å². The van der Waals surface area contributed by atoms with Gasteiger partial charge in [0, 0.05) is 12.8 Å². The van der Waals surface area contributed by atoms with Crippen molar-refractivity contribution in [2.45, 2.75) is 206 Å². The topological polar surface area (TPSA) is 108 Å². The Hall–Kier alpha value is -3.59. The van der Waals surface area contributed by atoms with Crippen LogP contribution in [0.2, 0.25) is 0 Å². The first-order valence-corrected chi connectivity index (χ1v) is 29.3. The van der Waals surface area contributed by atoms with Gasteiger partial charge in [-0.15, -0.1) is 0 Å². The van der Waals surface area contributed by atoms with Crippen LogP contribution in [-0.2, 0) is 32.7 Å². The molecule has 0 aliphatic carbocycles. The summed E-state index contributed by atoms with van der Waals surface area (Å²) in [5, 5.41) is 0. The normalized spacial score (nSPS) is 14.3. The lowest BCUT2D eigenvalue weighted by atomic mass is 10.1. The Morgan fingerprint density at radius 3 is 1.20 bits per heavy atom. The van der Waals surface area contributed by atoms with Crippen molar-refractivity contribution in [3.05, 3.63) is 122 Å². The zero-order valence-electron chi connectivity index (χ0n) is 45.7. The molecule has 0 aromatic heterocycles. The molecule has 2 atom stereocenters. The third-order valence-electron chi connectivity index (χ3n) is 11.2. The van der Waals surface area contributed by atoms with Gasteiger partial charge in [-0.25, -0.2) is 4.57 Å². The third kappa shape index (κ3) is 55.6. The Balaban J connectivity index is 4.27. The van der Waals surface area contributed by atoms with E-state index in [2.05, 4.69) is 135 Å². The van der Waals surface area contributed by atoms with Crippen molar-refractivity contribution in [2.75, 3.05) is 47.5 Å². The molecule has 0 radical (unpaired) electrons. The van der Waals surface area contributed by atoms with E-state index in [1.165, 1.54) is 32.1 Å². The van der Waals surface area contributed by atoms with Crippen LogP contribution in [-0.4, -0.2) is 74.9 Å². The summed E-state index contributed by atoms with van der Waals surface area (Å²) >= 11 is 0. The zero-order chi connectivity index (χ0) is 52.0. The van der Waals surface area contributed by atoms with Crippen molar-refractivity contribution in [1.29, 1.82) is 0 Å². The maximum absolute atomic E-state index is 12.8. The highest BCUT2D eigenvalue weighted by Gasteiger charge is 2.27. The molecule has 404 valence electrons. The number of rotatable bonds is 49. The summed E-state index contributed by atoms with van der Waals surface area (Å²) in [6.45, 7) is 4.24. The van der Waals surface area contributed by atoms with E-state index < -0.39 is 32.5 Å². The van der Waals surface area contributed by atoms with Gasteiger partial charge in [0.25, 0.3) is 0 Å². The van der Waals surface area contributed by atoms with E-state index >= 15 is 0 Å². The van der Waals surface area contributed by atoms with Gasteiger partial charge in [0.15, 0.2) is 6.10 Å². The van der Waals surface area contributed by atoms with Crippen LogP contribution >= 0.6 is 7.82 Å². The standard InChI is InChI=1S/C61H102NO8P/c1-6-8-10-12-14-16-18-20-22-24-25-26-27-28-29-30-31-32-33-34-35-36-37-38-40-42-44-46-48-50-52-54-61(64)70-59(58-69-71(65,66)68-56-55-62(3,4)5)57-67-60(63)53-51-49-47-45-43-41-39-23-21-19-17-15-13-11-9-7-2/h8,10,14,16-17,19-20,22-23,25-26,28-29,31-32,34-35,37-39,59H,6-7,9,11-13,15,18,21,24,27,30,33,36,40-58H2,1-5H3/p+1/b10-8-,16-14-,19-17-,22-20-,26-25-,29-28-,32-31-,35-34-,38-37-,39-23-. The Morgan fingerprint density at radius 2 is 0.803 bits per heavy atom. The molecule has 71 heavy (non-hydrogen) atoms. The van der Waals surface area contributed by atoms with Crippen molar-refractivity contribution in [1.82, 2.24) is 0 Å². The first-order valence-electron chi connectivity index (χ1n) is 27.8. The summed E-state index contributed by atoms with van der Waals surface area (Å²) in [5.41, 5.74) is 0. The molecule has 0 saturated carbocycles. The van der Waals surface area contributed by atoms with Crippen molar-refractivity contribution in [2.24, 2.45) is 0 Å². The lowest BCUT2D eigenvalue weighted by Crippen LogP contribution is -2.37. The molecule has 0 bridgehead atoms. The third-order valence-corrected chi connectivity index (χ3v) is 12.2. The Bertz CT molecular complexity index is 1610. The van der Waals surface area contributed by atoms with E-state index in [0.717, 1.165) is 128 Å². The molecule has 0 fully saturated rings. The number of allylic oxidation sites excluding steroid dienone is 20. The zero-order valence-corrected chi connectivity index (χ0v) is 46.6. The summed E-state index contributed by atoms with van der Waals surface area (Å²) < 4.78 is 34.5. The minimum absolute atomic E-state index is 0.0193. The quantitative estimate of drug-likeness (QED) is 0.0211. The van der Waals surface area contributed by atoms with Crippen molar-refractivity contribution >= 4 is 19.8 Å². The smallest absolute Gasteiger partial charge is 0.462 e. The predicted molar refractivity (Wildman–Crippen MR) is 302 cm³/mol. The summed E-state index contributed by atoms with van der Waals surface area (Å²) in [7, 11) is 1.44. The van der Waals surface area contributed by atoms with Crippen LogP contribution in [0.1, 0.15) is 200 Å². The first kappa shape index (κ1) is 67.4. The molecule has 0 aromatic carbocycles. The molecule has 1 N–H and O–H groups in total. The molecule has 0 aromatic rings. The minimum Gasteiger partial charge on any atom is -0.462 e. The van der Waals surface area contributed by atoms with Gasteiger partial charge in [-0.1, -0.05) is 200 Å². The highest BCUT2D eigenvalue weighted by Crippen LogP contribution is 2.43. The minimum atomic E-state index is -4.40. The fourth-order valence-electron chi connectivity index (χ4n) is 6.94. The molecule has 9 nitrogen and oxygen atoms in total. The number of likely N-dealkylation sites (N-methyl/N-ethyl adjacent to an activating group) is 1. The van der Waals surface area contributed by atoms with Crippen LogP contribution in [0.5, 0.6) is 0 Å². The maximum Gasteiger partial charge on any atom is 0.472 e. The summed E-state index contributed by atoms with van der Waals surface area (Å²) in [6.07, 6.45) is 72.6. The van der Waals surface area contributed by atoms with E-state index in [1.807, 2.05) is 21.1 Å². The maximum atomic E-state index is 12.8. The van der Waals surface area contributed by atoms with Crippen molar-refractivity contribution < 1.29 is 42.1 Å². The van der Waals surface area contributed by atoms with Gasteiger partial charge in [-0.05, 0) is 109 Å². The van der Waals surface area contributed by atoms with Crippen LogP contribution < -0.4 is 0 Å². The molecule has 0 saturated heterocycles. The highest BCUT2D eigenvalue weighted by molar-refractivity contribution is 7.47. The molecular formula is C61H103NO8P+. The van der Waals surface area contributed by atoms with E-state index in [9.17, 15) is 19.0 Å². The molecule has 10 heteroatoms. The fraction of sp³-hybridized carbons (Fsp3) is 0.639. The van der Waals surface area contributed by atoms with E-state index in [4.69, 9.17) is 18.5 Å². The monoisotopic (exact) mass is 1010 g/mol. The second kappa shape index (κ2) is 51.3. The van der Waals surface area contributed by atoms with Gasteiger partial charge in [-0.2, -0.15) is 0 Å². The molecule has 0 amide bonds. The van der Waals surface area contributed by atoms with Gasteiger partial charge in [0.1, 0.15) is 19.8 Å². The van der Waals surface area contributed by atoms with Crippen LogP contribution in [0, 0.1) is 0 Å². The van der Waals surface area contributed by atoms with Crippen molar-refractivity contribution in [3.63, 3.8) is 0 Å². The average molecular weight is 1010 g/mol. The number of phosphoric ester groups is 1. The van der Waals surface area contributed by atoms with Crippen LogP contribution in [0.4, 0.5) is 0 Å². The Kier molecular flexibility index (Phi) is 48.7. The number of hydrogen-bond donors (Lipinski definition) is 1. The van der Waals surface area contributed by atoms with E-state index in [0.29, 0.717) is 23.9 Å². The molecule has 2 unspecified atom stereocenters. The number of ether oxygens (including phenoxy) is 2. The summed E-state index contributed by atoms with van der Waals surface area (Å²) in [4.78, 5) is 35.6. The summed E-state index contributed by atoms with van der Waals surface area (Å²) in [5.74, 6) is -0.840. The number of esters is 2. The lowest BCUT2D eigenvalue weighted by molar-refractivity contribution is -0.870. The first-order chi connectivity index (χ1) is 34.5. The number of phosphoric acid groups is 1. The van der Waals surface area contributed by atoms with Gasteiger partial charge in [0.05, 0.1) is 27.7 Å². The van der Waals surface area contributed by atoms with Gasteiger partial charge in [-0.3, -0.25) is 18.6 Å². The number of nitrogens with zero attached hydrogens (tertiary/aromatic N) is 1. The average Bonchev–Trinajstić information content (AvgIpc) is 3.33. The van der Waals surface area contributed by atoms with Gasteiger partial charge >= 0.3 is 19.8 Å². The van der Waals surface area contributed by atoms with E-state index in [-0.39, 0.29) is 26.1 Å².